The second-order valence-corrected chi connectivity index (χ2v) is 8.66. The van der Waals surface area contributed by atoms with Crippen LogP contribution in [-0.2, 0) is 21.4 Å². The Hall–Kier alpha value is -1.89. The van der Waals surface area contributed by atoms with Crippen molar-refractivity contribution in [3.05, 3.63) is 64.2 Å². The summed E-state index contributed by atoms with van der Waals surface area (Å²) in [4.78, 5) is 12.4. The highest BCUT2D eigenvalue weighted by molar-refractivity contribution is 7.89. The van der Waals surface area contributed by atoms with Crippen LogP contribution in [0.4, 0.5) is 0 Å². The van der Waals surface area contributed by atoms with Crippen LogP contribution in [0.3, 0.4) is 0 Å². The molecule has 0 N–H and O–H groups in total. The molecule has 2 aromatic rings. The van der Waals surface area contributed by atoms with E-state index in [1.807, 2.05) is 31.2 Å². The summed E-state index contributed by atoms with van der Waals surface area (Å²) < 4.78 is 31.8. The van der Waals surface area contributed by atoms with Crippen molar-refractivity contribution in [3.8, 4) is 0 Å². The van der Waals surface area contributed by atoms with Gasteiger partial charge in [-0.3, -0.25) is 0 Å². The lowest BCUT2D eigenvalue weighted by Gasteiger charge is -2.21. The van der Waals surface area contributed by atoms with Gasteiger partial charge in [0.1, 0.15) is 6.61 Å². The Morgan fingerprint density at radius 3 is 2.46 bits per heavy atom. The Bertz CT molecular complexity index is 910. The Kier molecular flexibility index (Phi) is 6.44. The van der Waals surface area contributed by atoms with Crippen molar-refractivity contribution in [2.24, 2.45) is 0 Å². The fourth-order valence-corrected chi connectivity index (χ4v) is 3.85. The lowest BCUT2D eigenvalue weighted by atomic mass is 10.1. The molecule has 0 saturated carbocycles. The van der Waals surface area contributed by atoms with Crippen LogP contribution in [0.2, 0.25) is 5.02 Å². The molecule has 140 valence electrons. The maximum Gasteiger partial charge on any atom is 0.340 e. The van der Waals surface area contributed by atoms with Crippen molar-refractivity contribution in [1.82, 2.24) is 4.31 Å². The van der Waals surface area contributed by atoms with E-state index in [1.54, 1.807) is 13.8 Å². The van der Waals surface area contributed by atoms with Crippen LogP contribution in [0.15, 0.2) is 47.4 Å². The van der Waals surface area contributed by atoms with Crippen LogP contribution in [-0.4, -0.2) is 31.8 Å². The van der Waals surface area contributed by atoms with E-state index in [0.29, 0.717) is 0 Å². The molecule has 0 aromatic heterocycles. The third kappa shape index (κ3) is 4.44. The molecule has 0 aliphatic heterocycles. The number of nitrogens with zero attached hydrogens (tertiary/aromatic N) is 1. The first kappa shape index (κ1) is 20.4. The van der Waals surface area contributed by atoms with E-state index in [0.717, 1.165) is 11.1 Å². The average Bonchev–Trinajstić information content (AvgIpc) is 2.60. The van der Waals surface area contributed by atoms with E-state index in [1.165, 1.54) is 29.6 Å². The molecule has 0 atom stereocenters. The zero-order valence-electron chi connectivity index (χ0n) is 15.2. The average molecular weight is 396 g/mol. The Labute approximate surface area is 159 Å². The quantitative estimate of drug-likeness (QED) is 0.692. The number of carbonyl (C=O) groups excluding carboxylic acids is 1. The summed E-state index contributed by atoms with van der Waals surface area (Å²) in [6.07, 6.45) is 0. The molecule has 0 heterocycles. The highest BCUT2D eigenvalue weighted by Gasteiger charge is 2.25. The molecule has 0 amide bonds. The van der Waals surface area contributed by atoms with Crippen LogP contribution in [0, 0.1) is 6.92 Å². The molecular weight excluding hydrogens is 374 g/mol. The van der Waals surface area contributed by atoms with Gasteiger partial charge in [0.2, 0.25) is 10.0 Å². The molecule has 2 aromatic carbocycles. The Morgan fingerprint density at radius 1 is 1.19 bits per heavy atom. The van der Waals surface area contributed by atoms with E-state index in [9.17, 15) is 13.2 Å². The number of benzene rings is 2. The van der Waals surface area contributed by atoms with Gasteiger partial charge in [-0.05, 0) is 50.1 Å². The number of halogens is 1. The molecule has 0 spiro atoms. The molecule has 0 bridgehead atoms. The maximum atomic E-state index is 12.6. The van der Waals surface area contributed by atoms with E-state index in [2.05, 4.69) is 0 Å². The topological polar surface area (TPSA) is 63.7 Å². The van der Waals surface area contributed by atoms with Gasteiger partial charge in [0.15, 0.2) is 0 Å². The second-order valence-electron chi connectivity index (χ2n) is 6.26. The molecule has 0 saturated heterocycles. The minimum absolute atomic E-state index is 0.000872. The molecule has 2 rings (SSSR count). The van der Waals surface area contributed by atoms with Crippen LogP contribution >= 0.6 is 11.6 Å². The van der Waals surface area contributed by atoms with Gasteiger partial charge in [-0.1, -0.05) is 35.9 Å². The zero-order chi connectivity index (χ0) is 19.5. The van der Waals surface area contributed by atoms with Gasteiger partial charge >= 0.3 is 5.97 Å². The fourth-order valence-electron chi connectivity index (χ4n) is 2.26. The van der Waals surface area contributed by atoms with E-state index in [-0.39, 0.29) is 28.1 Å². The van der Waals surface area contributed by atoms with Crippen molar-refractivity contribution in [3.63, 3.8) is 0 Å². The number of hydrogen-bond acceptors (Lipinski definition) is 4. The van der Waals surface area contributed by atoms with Crippen molar-refractivity contribution in [1.29, 1.82) is 0 Å². The summed E-state index contributed by atoms with van der Waals surface area (Å²) in [7, 11) is -2.23. The summed E-state index contributed by atoms with van der Waals surface area (Å²) in [5, 5.41) is 0.144. The van der Waals surface area contributed by atoms with Gasteiger partial charge in [0.05, 0.1) is 15.5 Å². The summed E-state index contributed by atoms with van der Waals surface area (Å²) in [6, 6.07) is 11.4. The summed E-state index contributed by atoms with van der Waals surface area (Å²) in [5.74, 6) is -0.664. The standard InChI is InChI=1S/C19H22ClNO4S/c1-13(2)21(4)26(23,24)16-9-10-18(20)17(11-16)19(22)25-12-15-8-6-5-7-14(15)3/h5-11,13H,12H2,1-4H3. The van der Waals surface area contributed by atoms with Crippen molar-refractivity contribution < 1.29 is 17.9 Å². The molecule has 26 heavy (non-hydrogen) atoms. The number of esters is 1. The van der Waals surface area contributed by atoms with Crippen molar-refractivity contribution >= 4 is 27.6 Å². The molecule has 5 nitrogen and oxygen atoms in total. The van der Waals surface area contributed by atoms with Crippen molar-refractivity contribution in [2.75, 3.05) is 7.05 Å². The second kappa shape index (κ2) is 8.20. The maximum absolute atomic E-state index is 12.6. The third-order valence-electron chi connectivity index (χ3n) is 4.18. The van der Waals surface area contributed by atoms with E-state index >= 15 is 0 Å². The summed E-state index contributed by atoms with van der Waals surface area (Å²) >= 11 is 6.09. The molecular formula is C19H22ClNO4S. The number of ether oxygens (including phenoxy) is 1. The minimum atomic E-state index is -3.72. The molecule has 0 aliphatic rings. The smallest absolute Gasteiger partial charge is 0.340 e. The first-order valence-electron chi connectivity index (χ1n) is 8.13. The molecule has 0 radical (unpaired) electrons. The van der Waals surface area contributed by atoms with Gasteiger partial charge < -0.3 is 4.74 Å². The number of carbonyl (C=O) groups is 1. The fraction of sp³-hybridized carbons (Fsp3) is 0.316. The lowest BCUT2D eigenvalue weighted by molar-refractivity contribution is 0.0472. The molecule has 0 fully saturated rings. The predicted octanol–water partition coefficient (Wildman–Crippen LogP) is 4.03. The number of rotatable bonds is 6. The zero-order valence-corrected chi connectivity index (χ0v) is 16.8. The SMILES string of the molecule is Cc1ccccc1COC(=O)c1cc(S(=O)(=O)N(C)C(C)C)ccc1Cl. The molecule has 7 heteroatoms. The molecule has 0 aliphatic carbocycles. The summed E-state index contributed by atoms with van der Waals surface area (Å²) in [5.41, 5.74) is 1.90. The molecule has 0 unspecified atom stereocenters. The highest BCUT2D eigenvalue weighted by atomic mass is 35.5. The van der Waals surface area contributed by atoms with Crippen molar-refractivity contribution in [2.45, 2.75) is 38.3 Å². The third-order valence-corrected chi connectivity index (χ3v) is 6.54. The van der Waals surface area contributed by atoms with Gasteiger partial charge in [-0.15, -0.1) is 0 Å². The van der Waals surface area contributed by atoms with E-state index < -0.39 is 16.0 Å². The largest absolute Gasteiger partial charge is 0.457 e. The normalized spacial score (nSPS) is 11.8. The predicted molar refractivity (Wildman–Crippen MR) is 102 cm³/mol. The Balaban J connectivity index is 2.27. The monoisotopic (exact) mass is 395 g/mol. The van der Waals surface area contributed by atoms with Crippen LogP contribution in [0.1, 0.15) is 35.3 Å². The first-order chi connectivity index (χ1) is 12.1. The number of aryl methyl sites for hydroxylation is 1. The minimum Gasteiger partial charge on any atom is -0.457 e. The van der Waals surface area contributed by atoms with E-state index in [4.69, 9.17) is 16.3 Å². The van der Waals surface area contributed by atoms with Crippen LogP contribution in [0.25, 0.3) is 0 Å². The van der Waals surface area contributed by atoms with Crippen LogP contribution in [0.5, 0.6) is 0 Å². The van der Waals surface area contributed by atoms with Gasteiger partial charge in [-0.2, -0.15) is 4.31 Å². The number of hydrogen-bond donors (Lipinski definition) is 0. The van der Waals surface area contributed by atoms with Gasteiger partial charge in [0.25, 0.3) is 0 Å². The van der Waals surface area contributed by atoms with Gasteiger partial charge in [-0.25, -0.2) is 13.2 Å². The first-order valence-corrected chi connectivity index (χ1v) is 9.95. The van der Waals surface area contributed by atoms with Gasteiger partial charge in [0, 0.05) is 13.1 Å². The summed E-state index contributed by atoms with van der Waals surface area (Å²) in [6.45, 7) is 5.55. The highest BCUT2D eigenvalue weighted by Crippen LogP contribution is 2.24. The Morgan fingerprint density at radius 2 is 1.85 bits per heavy atom. The lowest BCUT2D eigenvalue weighted by Crippen LogP contribution is -2.33. The van der Waals surface area contributed by atoms with Crippen LogP contribution < -0.4 is 0 Å². The number of sulfonamides is 1.